The lowest BCUT2D eigenvalue weighted by atomic mass is 10.2. The summed E-state index contributed by atoms with van der Waals surface area (Å²) in [5.41, 5.74) is 6.44. The van der Waals surface area contributed by atoms with Gasteiger partial charge in [-0.05, 0) is 31.4 Å². The van der Waals surface area contributed by atoms with Gasteiger partial charge in [0.05, 0.1) is 158 Å². The van der Waals surface area contributed by atoms with Crippen molar-refractivity contribution in [3.8, 4) is 5.75 Å². The molecule has 0 saturated carbocycles. The van der Waals surface area contributed by atoms with E-state index in [9.17, 15) is 0 Å². The van der Waals surface area contributed by atoms with E-state index in [-0.39, 0.29) is 6.29 Å². The van der Waals surface area contributed by atoms with E-state index in [1.165, 1.54) is 0 Å². The van der Waals surface area contributed by atoms with E-state index in [0.29, 0.717) is 170 Å². The first-order valence-electron chi connectivity index (χ1n) is 17.9. The predicted octanol–water partition coefficient (Wildman–Crippen LogP) is 2.37. The van der Waals surface area contributed by atoms with Crippen molar-refractivity contribution in [3.63, 3.8) is 0 Å². The Morgan fingerprint density at radius 3 is 1.12 bits per heavy atom. The Morgan fingerprint density at radius 2 is 0.780 bits per heavy atom. The van der Waals surface area contributed by atoms with E-state index >= 15 is 0 Å². The molecule has 0 bridgehead atoms. The minimum atomic E-state index is -0.0682. The van der Waals surface area contributed by atoms with Crippen molar-refractivity contribution in [2.75, 3.05) is 171 Å². The van der Waals surface area contributed by atoms with Crippen LogP contribution >= 0.6 is 0 Å². The third-order valence-corrected chi connectivity index (χ3v) is 6.79. The van der Waals surface area contributed by atoms with Crippen LogP contribution in [0.25, 0.3) is 0 Å². The van der Waals surface area contributed by atoms with Crippen LogP contribution in [-0.4, -0.2) is 171 Å². The highest BCUT2D eigenvalue weighted by molar-refractivity contribution is 5.51. The summed E-state index contributed by atoms with van der Waals surface area (Å²) in [6, 6.07) is 7.38. The quantitative estimate of drug-likeness (QED) is 0.0784. The third kappa shape index (κ3) is 28.9. The Hall–Kier alpha value is -1.70. The van der Waals surface area contributed by atoms with Crippen LogP contribution in [-0.2, 0) is 61.6 Å². The number of nitrogen functional groups attached to an aromatic ring is 1. The highest BCUT2D eigenvalue weighted by Crippen LogP contribution is 2.19. The molecule has 0 radical (unpaired) electrons. The Labute approximate surface area is 298 Å². The second kappa shape index (κ2) is 35.7. The van der Waals surface area contributed by atoms with E-state index in [4.69, 9.17) is 72.0 Å². The van der Waals surface area contributed by atoms with Gasteiger partial charge >= 0.3 is 0 Å². The fourth-order valence-electron chi connectivity index (χ4n) is 4.20. The Bertz CT molecular complexity index is 836. The molecule has 0 amide bonds. The lowest BCUT2D eigenvalue weighted by Crippen LogP contribution is -2.24. The van der Waals surface area contributed by atoms with E-state index in [0.717, 1.165) is 25.9 Å². The molecule has 50 heavy (non-hydrogen) atoms. The standard InChI is InChI=1S/C35H63NO14/c36-33-5-1-2-6-34(33)48-31-29-46-27-25-44-23-21-42-19-17-40-15-13-38-11-9-37-10-12-39-14-16-41-18-20-43-22-24-45-26-28-47-30-32-50-35-7-3-4-8-49-35/h1-2,5-6,35H,3-4,7-32,36H2. The zero-order chi connectivity index (χ0) is 35.3. The molecule has 1 aliphatic heterocycles. The van der Waals surface area contributed by atoms with Crippen LogP contribution in [0.2, 0.25) is 0 Å². The lowest BCUT2D eigenvalue weighted by Gasteiger charge is -2.22. The van der Waals surface area contributed by atoms with E-state index < -0.39 is 0 Å². The van der Waals surface area contributed by atoms with Crippen LogP contribution in [0, 0.1) is 0 Å². The number of anilines is 1. The Morgan fingerprint density at radius 1 is 0.440 bits per heavy atom. The number of hydrogen-bond donors (Lipinski definition) is 1. The van der Waals surface area contributed by atoms with Crippen molar-refractivity contribution >= 4 is 5.69 Å². The molecule has 1 unspecified atom stereocenters. The van der Waals surface area contributed by atoms with Crippen molar-refractivity contribution in [2.24, 2.45) is 0 Å². The molecule has 0 aliphatic carbocycles. The van der Waals surface area contributed by atoms with Gasteiger partial charge in [0.25, 0.3) is 0 Å². The van der Waals surface area contributed by atoms with Gasteiger partial charge in [-0.3, -0.25) is 0 Å². The average molecular weight is 722 g/mol. The minimum absolute atomic E-state index is 0.0682. The third-order valence-electron chi connectivity index (χ3n) is 6.79. The number of ether oxygens (including phenoxy) is 14. The number of benzene rings is 1. The summed E-state index contributed by atoms with van der Waals surface area (Å²) in [5.74, 6) is 0.668. The summed E-state index contributed by atoms with van der Waals surface area (Å²) in [7, 11) is 0. The molecule has 15 nitrogen and oxygen atoms in total. The maximum Gasteiger partial charge on any atom is 0.157 e. The van der Waals surface area contributed by atoms with E-state index in [1.807, 2.05) is 18.2 Å². The van der Waals surface area contributed by atoms with Gasteiger partial charge in [0, 0.05) is 6.61 Å². The van der Waals surface area contributed by atoms with Crippen molar-refractivity contribution in [1.82, 2.24) is 0 Å². The molecule has 1 atom stereocenters. The second-order valence-corrected chi connectivity index (χ2v) is 10.8. The van der Waals surface area contributed by atoms with Crippen molar-refractivity contribution in [2.45, 2.75) is 25.6 Å². The molecule has 1 aromatic rings. The largest absolute Gasteiger partial charge is 0.489 e. The highest BCUT2D eigenvalue weighted by atomic mass is 16.7. The SMILES string of the molecule is Nc1ccccc1OCCOCCOCCOCCOCCOCCOCCOCCOCCOCCOCCOCCOC1CCCCO1. The van der Waals surface area contributed by atoms with Crippen LogP contribution < -0.4 is 10.5 Å². The summed E-state index contributed by atoms with van der Waals surface area (Å²) >= 11 is 0. The molecule has 1 aliphatic rings. The summed E-state index contributed by atoms with van der Waals surface area (Å²) < 4.78 is 77.0. The van der Waals surface area contributed by atoms with Crippen LogP contribution in [0.15, 0.2) is 24.3 Å². The molecule has 2 rings (SSSR count). The number of hydrogen-bond acceptors (Lipinski definition) is 15. The summed E-state index contributed by atoms with van der Waals surface area (Å²) in [5, 5.41) is 0. The summed E-state index contributed by atoms with van der Waals surface area (Å²) in [6.07, 6.45) is 3.18. The zero-order valence-corrected chi connectivity index (χ0v) is 30.0. The fourth-order valence-corrected chi connectivity index (χ4v) is 4.20. The second-order valence-electron chi connectivity index (χ2n) is 10.8. The molecule has 2 N–H and O–H groups in total. The molecule has 292 valence electrons. The van der Waals surface area contributed by atoms with Gasteiger partial charge in [-0.2, -0.15) is 0 Å². The van der Waals surface area contributed by atoms with Gasteiger partial charge in [-0.15, -0.1) is 0 Å². The Balaban J connectivity index is 1.13. The van der Waals surface area contributed by atoms with Crippen LogP contribution in [0.4, 0.5) is 5.69 Å². The molecule has 1 fully saturated rings. The van der Waals surface area contributed by atoms with E-state index in [1.54, 1.807) is 6.07 Å². The van der Waals surface area contributed by atoms with Gasteiger partial charge in [-0.25, -0.2) is 0 Å². The van der Waals surface area contributed by atoms with Crippen molar-refractivity contribution < 1.29 is 66.3 Å². The maximum absolute atomic E-state index is 5.82. The maximum atomic E-state index is 5.82. The van der Waals surface area contributed by atoms with Gasteiger partial charge in [0.2, 0.25) is 0 Å². The van der Waals surface area contributed by atoms with Crippen LogP contribution in [0.3, 0.4) is 0 Å². The normalized spacial score (nSPS) is 14.8. The molecule has 1 aromatic carbocycles. The smallest absolute Gasteiger partial charge is 0.157 e. The van der Waals surface area contributed by atoms with Crippen LogP contribution in [0.5, 0.6) is 5.75 Å². The molecule has 15 heteroatoms. The Kier molecular flexibility index (Phi) is 31.7. The lowest BCUT2D eigenvalue weighted by molar-refractivity contribution is -0.169. The summed E-state index contributed by atoms with van der Waals surface area (Å²) in [6.45, 7) is 12.9. The first-order valence-corrected chi connectivity index (χ1v) is 17.9. The van der Waals surface area contributed by atoms with Crippen molar-refractivity contribution in [1.29, 1.82) is 0 Å². The number of rotatable bonds is 38. The topological polar surface area (TPSA) is 155 Å². The first kappa shape index (κ1) is 44.5. The van der Waals surface area contributed by atoms with Gasteiger partial charge in [-0.1, -0.05) is 12.1 Å². The van der Waals surface area contributed by atoms with Gasteiger partial charge in [0.1, 0.15) is 12.4 Å². The summed E-state index contributed by atoms with van der Waals surface area (Å²) in [4.78, 5) is 0. The minimum Gasteiger partial charge on any atom is -0.489 e. The van der Waals surface area contributed by atoms with Crippen molar-refractivity contribution in [3.05, 3.63) is 24.3 Å². The molecular weight excluding hydrogens is 658 g/mol. The van der Waals surface area contributed by atoms with Gasteiger partial charge in [0.15, 0.2) is 6.29 Å². The van der Waals surface area contributed by atoms with E-state index in [2.05, 4.69) is 0 Å². The zero-order valence-electron chi connectivity index (χ0n) is 30.0. The van der Waals surface area contributed by atoms with Crippen LogP contribution in [0.1, 0.15) is 19.3 Å². The number of para-hydroxylation sites is 2. The first-order chi connectivity index (χ1) is 24.9. The molecule has 1 saturated heterocycles. The van der Waals surface area contributed by atoms with Gasteiger partial charge < -0.3 is 72.0 Å². The molecule has 0 aromatic heterocycles. The molecule has 1 heterocycles. The monoisotopic (exact) mass is 721 g/mol. The fraction of sp³-hybridized carbons (Fsp3) is 0.829. The average Bonchev–Trinajstić information content (AvgIpc) is 3.14. The number of nitrogens with two attached hydrogens (primary N) is 1. The molecular formula is C35H63NO14. The predicted molar refractivity (Wildman–Crippen MR) is 185 cm³/mol. The molecule has 0 spiro atoms. The highest BCUT2D eigenvalue weighted by Gasteiger charge is 2.13.